The van der Waals surface area contributed by atoms with Crippen LogP contribution in [0.25, 0.3) is 16.9 Å². The number of imidazole rings is 1. The standard InChI is InChI=1S/C13H10F2N4/c1-7-2-5-10-12(17-7)19(13(16)18-10)11-6-8(14)3-4-9(11)15/h2-6H,1H3,(H2,16,18). The van der Waals surface area contributed by atoms with Gasteiger partial charge in [0.1, 0.15) is 17.2 Å². The third-order valence-corrected chi connectivity index (χ3v) is 2.82. The summed E-state index contributed by atoms with van der Waals surface area (Å²) in [7, 11) is 0. The highest BCUT2D eigenvalue weighted by molar-refractivity contribution is 5.77. The molecule has 0 radical (unpaired) electrons. The first-order chi connectivity index (χ1) is 9.06. The van der Waals surface area contributed by atoms with Gasteiger partial charge in [-0.05, 0) is 31.2 Å². The molecule has 2 N–H and O–H groups in total. The SMILES string of the molecule is Cc1ccc2nc(N)n(-c3cc(F)ccc3F)c2n1. The summed E-state index contributed by atoms with van der Waals surface area (Å²) in [5.74, 6) is -1.07. The molecule has 0 unspecified atom stereocenters. The Balaban J connectivity index is 2.38. The van der Waals surface area contributed by atoms with Crippen molar-refractivity contribution in [3.8, 4) is 5.69 Å². The van der Waals surface area contributed by atoms with Gasteiger partial charge in [-0.3, -0.25) is 4.57 Å². The van der Waals surface area contributed by atoms with Gasteiger partial charge in [-0.15, -0.1) is 0 Å². The Morgan fingerprint density at radius 3 is 2.68 bits per heavy atom. The lowest BCUT2D eigenvalue weighted by molar-refractivity contribution is 0.594. The molecule has 19 heavy (non-hydrogen) atoms. The van der Waals surface area contributed by atoms with Gasteiger partial charge < -0.3 is 5.73 Å². The fourth-order valence-electron chi connectivity index (χ4n) is 1.96. The van der Waals surface area contributed by atoms with Crippen molar-refractivity contribution in [1.82, 2.24) is 14.5 Å². The van der Waals surface area contributed by atoms with Gasteiger partial charge in [0, 0.05) is 11.8 Å². The predicted molar refractivity (Wildman–Crippen MR) is 67.9 cm³/mol. The summed E-state index contributed by atoms with van der Waals surface area (Å²) in [6, 6.07) is 6.68. The number of fused-ring (bicyclic) bond motifs is 1. The molecule has 1 aromatic carbocycles. The molecule has 0 amide bonds. The first-order valence-corrected chi connectivity index (χ1v) is 5.63. The minimum atomic E-state index is -0.587. The van der Waals surface area contributed by atoms with Crippen molar-refractivity contribution >= 4 is 17.1 Å². The number of rotatable bonds is 1. The number of nitrogens with two attached hydrogens (primary N) is 1. The van der Waals surface area contributed by atoms with Crippen LogP contribution in [0.3, 0.4) is 0 Å². The Bertz CT molecular complexity index is 780. The third-order valence-electron chi connectivity index (χ3n) is 2.82. The highest BCUT2D eigenvalue weighted by Gasteiger charge is 2.15. The van der Waals surface area contributed by atoms with Crippen molar-refractivity contribution in [2.75, 3.05) is 5.73 Å². The second-order valence-electron chi connectivity index (χ2n) is 4.20. The fraction of sp³-hybridized carbons (Fsp3) is 0.0769. The zero-order valence-corrected chi connectivity index (χ0v) is 10.1. The molecule has 3 rings (SSSR count). The molecule has 0 aliphatic rings. The van der Waals surface area contributed by atoms with Gasteiger partial charge in [0.2, 0.25) is 5.95 Å². The predicted octanol–water partition coefficient (Wildman–Crippen LogP) is 2.59. The molecule has 0 spiro atoms. The summed E-state index contributed by atoms with van der Waals surface area (Å²) in [5, 5.41) is 0. The molecule has 0 aliphatic heterocycles. The molecule has 2 heterocycles. The van der Waals surface area contributed by atoms with E-state index in [-0.39, 0.29) is 11.6 Å². The maximum Gasteiger partial charge on any atom is 0.207 e. The van der Waals surface area contributed by atoms with Crippen LogP contribution in [0.4, 0.5) is 14.7 Å². The normalized spacial score (nSPS) is 11.1. The first kappa shape index (κ1) is 11.6. The van der Waals surface area contributed by atoms with Gasteiger partial charge in [-0.25, -0.2) is 18.7 Å². The van der Waals surface area contributed by atoms with E-state index in [1.54, 1.807) is 19.1 Å². The van der Waals surface area contributed by atoms with Gasteiger partial charge in [0.25, 0.3) is 0 Å². The Morgan fingerprint density at radius 1 is 1.11 bits per heavy atom. The molecule has 4 nitrogen and oxygen atoms in total. The van der Waals surface area contributed by atoms with Crippen LogP contribution < -0.4 is 5.73 Å². The van der Waals surface area contributed by atoms with Crippen LogP contribution in [0.1, 0.15) is 5.69 Å². The average Bonchev–Trinajstić information content (AvgIpc) is 2.68. The van der Waals surface area contributed by atoms with E-state index in [4.69, 9.17) is 5.73 Å². The van der Waals surface area contributed by atoms with Gasteiger partial charge in [-0.2, -0.15) is 0 Å². The second-order valence-corrected chi connectivity index (χ2v) is 4.20. The lowest BCUT2D eigenvalue weighted by Gasteiger charge is -2.07. The van der Waals surface area contributed by atoms with Crippen molar-refractivity contribution in [1.29, 1.82) is 0 Å². The Hall–Kier alpha value is -2.50. The Morgan fingerprint density at radius 2 is 1.89 bits per heavy atom. The van der Waals surface area contributed by atoms with E-state index in [0.717, 1.165) is 23.9 Å². The number of halogens is 2. The molecule has 0 bridgehead atoms. The molecule has 6 heteroatoms. The van der Waals surface area contributed by atoms with E-state index in [0.29, 0.717) is 11.2 Å². The maximum atomic E-state index is 13.8. The van der Waals surface area contributed by atoms with Crippen LogP contribution in [0.2, 0.25) is 0 Å². The molecule has 0 atom stereocenters. The number of benzene rings is 1. The summed E-state index contributed by atoms with van der Waals surface area (Å²) < 4.78 is 28.4. The van der Waals surface area contributed by atoms with Gasteiger partial charge >= 0.3 is 0 Å². The summed E-state index contributed by atoms with van der Waals surface area (Å²) in [5.41, 5.74) is 7.46. The number of hydrogen-bond donors (Lipinski definition) is 1. The average molecular weight is 260 g/mol. The van der Waals surface area contributed by atoms with Crippen LogP contribution in [0.5, 0.6) is 0 Å². The summed E-state index contributed by atoms with van der Waals surface area (Å²) >= 11 is 0. The van der Waals surface area contributed by atoms with Crippen LogP contribution in [0.15, 0.2) is 30.3 Å². The molecule has 2 aromatic heterocycles. The number of pyridine rings is 1. The number of nitrogens with zero attached hydrogens (tertiary/aromatic N) is 3. The van der Waals surface area contributed by atoms with Gasteiger partial charge in [0.05, 0.1) is 5.69 Å². The highest BCUT2D eigenvalue weighted by atomic mass is 19.1. The number of nitrogen functional groups attached to an aromatic ring is 1. The summed E-state index contributed by atoms with van der Waals surface area (Å²) in [4.78, 5) is 8.37. The smallest absolute Gasteiger partial charge is 0.207 e. The number of aromatic nitrogens is 3. The van der Waals surface area contributed by atoms with Crippen molar-refractivity contribution < 1.29 is 8.78 Å². The van der Waals surface area contributed by atoms with E-state index in [1.807, 2.05) is 0 Å². The van der Waals surface area contributed by atoms with Crippen molar-refractivity contribution in [3.63, 3.8) is 0 Å². The molecule has 0 fully saturated rings. The molecular weight excluding hydrogens is 250 g/mol. The maximum absolute atomic E-state index is 13.8. The third kappa shape index (κ3) is 1.81. The Labute approximate surface area is 107 Å². The zero-order valence-electron chi connectivity index (χ0n) is 10.1. The van der Waals surface area contributed by atoms with Crippen LogP contribution in [-0.4, -0.2) is 14.5 Å². The van der Waals surface area contributed by atoms with E-state index in [9.17, 15) is 8.78 Å². The van der Waals surface area contributed by atoms with Gasteiger partial charge in [-0.1, -0.05) is 0 Å². The lowest BCUT2D eigenvalue weighted by atomic mass is 10.3. The van der Waals surface area contributed by atoms with E-state index in [2.05, 4.69) is 9.97 Å². The largest absolute Gasteiger partial charge is 0.369 e. The molecule has 0 saturated heterocycles. The zero-order chi connectivity index (χ0) is 13.6. The van der Waals surface area contributed by atoms with Crippen LogP contribution >= 0.6 is 0 Å². The quantitative estimate of drug-likeness (QED) is 0.731. The van der Waals surface area contributed by atoms with Crippen LogP contribution in [0, 0.1) is 18.6 Å². The first-order valence-electron chi connectivity index (χ1n) is 5.63. The number of anilines is 1. The second kappa shape index (κ2) is 4.01. The molecular formula is C13H10F2N4. The molecule has 0 saturated carbocycles. The lowest BCUT2D eigenvalue weighted by Crippen LogP contribution is -2.04. The summed E-state index contributed by atoms with van der Waals surface area (Å²) in [6.07, 6.45) is 0. The van der Waals surface area contributed by atoms with Crippen molar-refractivity contribution in [2.24, 2.45) is 0 Å². The van der Waals surface area contributed by atoms with E-state index >= 15 is 0 Å². The monoisotopic (exact) mass is 260 g/mol. The van der Waals surface area contributed by atoms with E-state index in [1.165, 1.54) is 4.57 Å². The molecule has 96 valence electrons. The Kier molecular flexibility index (Phi) is 2.45. The molecule has 0 aliphatic carbocycles. The van der Waals surface area contributed by atoms with Gasteiger partial charge in [0.15, 0.2) is 5.65 Å². The highest BCUT2D eigenvalue weighted by Crippen LogP contribution is 2.24. The summed E-state index contributed by atoms with van der Waals surface area (Å²) in [6.45, 7) is 1.80. The van der Waals surface area contributed by atoms with E-state index < -0.39 is 11.6 Å². The molecule has 3 aromatic rings. The van der Waals surface area contributed by atoms with Crippen molar-refractivity contribution in [2.45, 2.75) is 6.92 Å². The minimum Gasteiger partial charge on any atom is -0.369 e. The number of aryl methyl sites for hydroxylation is 1. The van der Waals surface area contributed by atoms with Crippen LogP contribution in [-0.2, 0) is 0 Å². The number of hydrogen-bond acceptors (Lipinski definition) is 3. The topological polar surface area (TPSA) is 56.7 Å². The minimum absolute atomic E-state index is 0.00176. The van der Waals surface area contributed by atoms with Crippen molar-refractivity contribution in [3.05, 3.63) is 47.7 Å². The fourth-order valence-corrected chi connectivity index (χ4v) is 1.96.